The first-order valence-electron chi connectivity index (χ1n) is 7.03. The molecule has 2 N–H and O–H groups in total. The average Bonchev–Trinajstić information content (AvgIpc) is 2.91. The van der Waals surface area contributed by atoms with Crippen LogP contribution in [0.25, 0.3) is 0 Å². The predicted octanol–water partition coefficient (Wildman–Crippen LogP) is 2.07. The van der Waals surface area contributed by atoms with Gasteiger partial charge in [-0.25, -0.2) is 0 Å². The Bertz CT molecular complexity index is 465. The van der Waals surface area contributed by atoms with E-state index in [2.05, 4.69) is 15.5 Å². The van der Waals surface area contributed by atoms with Crippen molar-refractivity contribution in [2.75, 3.05) is 30.3 Å². The van der Waals surface area contributed by atoms with Gasteiger partial charge in [-0.2, -0.15) is 0 Å². The summed E-state index contributed by atoms with van der Waals surface area (Å²) in [5.74, 6) is -0.0726. The topological polar surface area (TPSA) is 61.4 Å². The summed E-state index contributed by atoms with van der Waals surface area (Å²) in [6.45, 7) is 4.52. The Balaban J connectivity index is 1.76. The number of anilines is 2. The summed E-state index contributed by atoms with van der Waals surface area (Å²) in [6, 6.07) is 7.13. The molecule has 0 bridgehead atoms. The number of rotatable bonds is 5. The molecule has 20 heavy (non-hydrogen) atoms. The molecule has 5 nitrogen and oxygen atoms in total. The van der Waals surface area contributed by atoms with E-state index in [-0.39, 0.29) is 11.8 Å². The van der Waals surface area contributed by atoms with Crippen molar-refractivity contribution < 1.29 is 9.59 Å². The number of carbonyl (C=O) groups excluding carboxylic acids is 2. The SMILES string of the molecule is CC(=O)Nc1ccc(NC(=O)CCN2CCCC2)cc1. The number of hydrogen-bond acceptors (Lipinski definition) is 3. The summed E-state index contributed by atoms with van der Waals surface area (Å²) >= 11 is 0. The molecule has 1 aliphatic rings. The molecular formula is C15H21N3O2. The molecule has 1 aliphatic heterocycles. The Morgan fingerprint density at radius 3 is 2.15 bits per heavy atom. The zero-order valence-electron chi connectivity index (χ0n) is 11.8. The number of nitrogens with one attached hydrogen (secondary N) is 2. The molecule has 1 fully saturated rings. The fourth-order valence-electron chi connectivity index (χ4n) is 2.33. The van der Waals surface area contributed by atoms with Crippen molar-refractivity contribution in [2.24, 2.45) is 0 Å². The first-order chi connectivity index (χ1) is 9.63. The van der Waals surface area contributed by atoms with Gasteiger partial charge in [-0.1, -0.05) is 0 Å². The van der Waals surface area contributed by atoms with E-state index in [1.165, 1.54) is 19.8 Å². The van der Waals surface area contributed by atoms with Gasteiger partial charge >= 0.3 is 0 Å². The minimum absolute atomic E-state index is 0.0316. The highest BCUT2D eigenvalue weighted by Gasteiger charge is 2.12. The van der Waals surface area contributed by atoms with Crippen LogP contribution in [0.2, 0.25) is 0 Å². The van der Waals surface area contributed by atoms with E-state index in [1.807, 2.05) is 0 Å². The van der Waals surface area contributed by atoms with Crippen LogP contribution in [0.1, 0.15) is 26.2 Å². The van der Waals surface area contributed by atoms with Crippen molar-refractivity contribution >= 4 is 23.2 Å². The molecule has 0 aliphatic carbocycles. The highest BCUT2D eigenvalue weighted by atomic mass is 16.2. The molecule has 1 aromatic rings. The van der Waals surface area contributed by atoms with Gasteiger partial charge in [-0.15, -0.1) is 0 Å². The van der Waals surface area contributed by atoms with E-state index in [9.17, 15) is 9.59 Å². The number of hydrogen-bond donors (Lipinski definition) is 2. The Kier molecular flexibility index (Phi) is 5.12. The van der Waals surface area contributed by atoms with Crippen LogP contribution in [0.3, 0.4) is 0 Å². The van der Waals surface area contributed by atoms with E-state index in [0.29, 0.717) is 6.42 Å². The number of amides is 2. The number of nitrogens with zero attached hydrogens (tertiary/aromatic N) is 1. The van der Waals surface area contributed by atoms with Crippen molar-refractivity contribution in [2.45, 2.75) is 26.2 Å². The molecule has 0 radical (unpaired) electrons. The Morgan fingerprint density at radius 1 is 1.05 bits per heavy atom. The molecule has 0 saturated carbocycles. The second-order valence-electron chi connectivity index (χ2n) is 5.11. The largest absolute Gasteiger partial charge is 0.326 e. The lowest BCUT2D eigenvalue weighted by Crippen LogP contribution is -2.25. The molecule has 1 saturated heterocycles. The van der Waals surface area contributed by atoms with Crippen molar-refractivity contribution in [1.29, 1.82) is 0 Å². The second kappa shape index (κ2) is 7.05. The van der Waals surface area contributed by atoms with Crippen LogP contribution >= 0.6 is 0 Å². The Morgan fingerprint density at radius 2 is 1.60 bits per heavy atom. The van der Waals surface area contributed by atoms with Crippen LogP contribution in [0, 0.1) is 0 Å². The monoisotopic (exact) mass is 275 g/mol. The van der Waals surface area contributed by atoms with Crippen molar-refractivity contribution in [3.63, 3.8) is 0 Å². The van der Waals surface area contributed by atoms with Crippen LogP contribution in [0.5, 0.6) is 0 Å². The summed E-state index contributed by atoms with van der Waals surface area (Å²) in [6.07, 6.45) is 3.01. The van der Waals surface area contributed by atoms with Gasteiger partial charge in [0.25, 0.3) is 0 Å². The molecule has 108 valence electrons. The third-order valence-corrected chi connectivity index (χ3v) is 3.34. The van der Waals surface area contributed by atoms with Crippen molar-refractivity contribution in [1.82, 2.24) is 4.90 Å². The van der Waals surface area contributed by atoms with Gasteiger partial charge in [0.1, 0.15) is 0 Å². The molecule has 2 amide bonds. The minimum atomic E-state index is -0.104. The second-order valence-corrected chi connectivity index (χ2v) is 5.11. The van der Waals surface area contributed by atoms with Gasteiger partial charge in [-0.05, 0) is 50.2 Å². The lowest BCUT2D eigenvalue weighted by atomic mass is 10.2. The third kappa shape index (κ3) is 4.66. The van der Waals surface area contributed by atoms with Gasteiger partial charge in [0.2, 0.25) is 11.8 Å². The fourth-order valence-corrected chi connectivity index (χ4v) is 2.33. The lowest BCUT2D eigenvalue weighted by molar-refractivity contribution is -0.116. The highest BCUT2D eigenvalue weighted by Crippen LogP contribution is 2.14. The van der Waals surface area contributed by atoms with Crippen molar-refractivity contribution in [3.05, 3.63) is 24.3 Å². The third-order valence-electron chi connectivity index (χ3n) is 3.34. The molecule has 1 aromatic carbocycles. The van der Waals surface area contributed by atoms with Crippen LogP contribution in [0.15, 0.2) is 24.3 Å². The summed E-state index contributed by atoms with van der Waals surface area (Å²) in [5.41, 5.74) is 1.48. The maximum atomic E-state index is 11.8. The smallest absolute Gasteiger partial charge is 0.225 e. The zero-order valence-corrected chi connectivity index (χ0v) is 11.8. The number of carbonyl (C=O) groups is 2. The van der Waals surface area contributed by atoms with Gasteiger partial charge in [-0.3, -0.25) is 9.59 Å². The molecule has 0 spiro atoms. The molecule has 0 atom stereocenters. The fraction of sp³-hybridized carbons (Fsp3) is 0.467. The molecule has 2 rings (SSSR count). The number of benzene rings is 1. The van der Waals surface area contributed by atoms with E-state index in [1.54, 1.807) is 24.3 Å². The highest BCUT2D eigenvalue weighted by molar-refractivity contribution is 5.92. The van der Waals surface area contributed by atoms with Crippen LogP contribution in [-0.4, -0.2) is 36.3 Å². The van der Waals surface area contributed by atoms with Crippen molar-refractivity contribution in [3.8, 4) is 0 Å². The van der Waals surface area contributed by atoms with Crippen LogP contribution < -0.4 is 10.6 Å². The molecule has 0 aromatic heterocycles. The lowest BCUT2D eigenvalue weighted by Gasteiger charge is -2.14. The normalized spacial score (nSPS) is 15.1. The first kappa shape index (κ1) is 14.5. The molecule has 0 unspecified atom stereocenters. The maximum absolute atomic E-state index is 11.8. The van der Waals surface area contributed by atoms with E-state index < -0.39 is 0 Å². The standard InChI is InChI=1S/C15H21N3O2/c1-12(19)16-13-4-6-14(7-5-13)17-15(20)8-11-18-9-2-3-10-18/h4-7H,2-3,8-11H2,1H3,(H,16,19)(H,17,20). The Labute approximate surface area is 119 Å². The quantitative estimate of drug-likeness (QED) is 0.864. The maximum Gasteiger partial charge on any atom is 0.225 e. The number of likely N-dealkylation sites (tertiary alicyclic amines) is 1. The summed E-state index contributed by atoms with van der Waals surface area (Å²) < 4.78 is 0. The summed E-state index contributed by atoms with van der Waals surface area (Å²) in [4.78, 5) is 25.0. The van der Waals surface area contributed by atoms with E-state index in [0.717, 1.165) is 31.0 Å². The average molecular weight is 275 g/mol. The molecule has 1 heterocycles. The predicted molar refractivity (Wildman–Crippen MR) is 79.7 cm³/mol. The first-order valence-corrected chi connectivity index (χ1v) is 7.03. The van der Waals surface area contributed by atoms with Gasteiger partial charge in [0.15, 0.2) is 0 Å². The van der Waals surface area contributed by atoms with Gasteiger partial charge in [0.05, 0.1) is 0 Å². The molecular weight excluding hydrogens is 254 g/mol. The zero-order chi connectivity index (χ0) is 14.4. The van der Waals surface area contributed by atoms with E-state index in [4.69, 9.17) is 0 Å². The molecule has 5 heteroatoms. The summed E-state index contributed by atoms with van der Waals surface area (Å²) in [5, 5.41) is 5.56. The van der Waals surface area contributed by atoms with Gasteiger partial charge in [0, 0.05) is 31.3 Å². The Hall–Kier alpha value is -1.88. The van der Waals surface area contributed by atoms with E-state index >= 15 is 0 Å². The minimum Gasteiger partial charge on any atom is -0.326 e. The van der Waals surface area contributed by atoms with Crippen LogP contribution in [0.4, 0.5) is 11.4 Å². The van der Waals surface area contributed by atoms with Crippen LogP contribution in [-0.2, 0) is 9.59 Å². The van der Waals surface area contributed by atoms with Gasteiger partial charge < -0.3 is 15.5 Å². The summed E-state index contributed by atoms with van der Waals surface area (Å²) in [7, 11) is 0.